The lowest BCUT2D eigenvalue weighted by atomic mass is 9.79. The Morgan fingerprint density at radius 3 is 2.67 bits per heavy atom. The molecule has 1 heterocycles. The number of nitrogens with zero attached hydrogens (tertiary/aromatic N) is 1. The molecule has 116 valence electrons. The van der Waals surface area contributed by atoms with Gasteiger partial charge in [0.05, 0.1) is 0 Å². The number of nitrogens with one attached hydrogen (secondary N) is 1. The van der Waals surface area contributed by atoms with Crippen molar-refractivity contribution in [3.63, 3.8) is 0 Å². The average molecular weight is 305 g/mol. The maximum atomic E-state index is 3.94. The highest BCUT2D eigenvalue weighted by molar-refractivity contribution is 7.98. The van der Waals surface area contributed by atoms with Crippen LogP contribution < -0.4 is 5.32 Å². The molecular formula is C18H28N2S. The van der Waals surface area contributed by atoms with E-state index in [1.165, 1.54) is 56.5 Å². The van der Waals surface area contributed by atoms with E-state index < -0.39 is 0 Å². The van der Waals surface area contributed by atoms with E-state index in [9.17, 15) is 0 Å². The third kappa shape index (κ3) is 3.64. The van der Waals surface area contributed by atoms with Crippen molar-refractivity contribution in [1.29, 1.82) is 0 Å². The Morgan fingerprint density at radius 1 is 1.19 bits per heavy atom. The molecule has 1 aliphatic carbocycles. The summed E-state index contributed by atoms with van der Waals surface area (Å²) in [6.07, 6.45) is 9.18. The van der Waals surface area contributed by atoms with Gasteiger partial charge in [-0.05, 0) is 24.7 Å². The van der Waals surface area contributed by atoms with E-state index in [0.717, 1.165) is 6.54 Å². The molecule has 1 saturated carbocycles. The van der Waals surface area contributed by atoms with Crippen LogP contribution in [0.3, 0.4) is 0 Å². The summed E-state index contributed by atoms with van der Waals surface area (Å²) >= 11 is 1.97. The molecule has 1 aliphatic heterocycles. The lowest BCUT2D eigenvalue weighted by molar-refractivity contribution is 0.0602. The molecule has 2 fully saturated rings. The quantitative estimate of drug-likeness (QED) is 0.913. The summed E-state index contributed by atoms with van der Waals surface area (Å²) in [6.45, 7) is 3.55. The molecule has 2 nitrogen and oxygen atoms in total. The molecule has 0 radical (unpaired) electrons. The fourth-order valence-electron chi connectivity index (χ4n) is 4.01. The van der Waals surface area contributed by atoms with Gasteiger partial charge in [0.15, 0.2) is 0 Å². The Labute approximate surface area is 133 Å². The second-order valence-electron chi connectivity index (χ2n) is 6.61. The van der Waals surface area contributed by atoms with Gasteiger partial charge in [-0.1, -0.05) is 49.6 Å². The van der Waals surface area contributed by atoms with Gasteiger partial charge in [0.25, 0.3) is 0 Å². The largest absolute Gasteiger partial charge is 0.308 e. The zero-order valence-electron chi connectivity index (χ0n) is 13.2. The van der Waals surface area contributed by atoms with Gasteiger partial charge >= 0.3 is 0 Å². The second kappa shape index (κ2) is 7.17. The van der Waals surface area contributed by atoms with Gasteiger partial charge in [-0.2, -0.15) is 11.8 Å². The lowest BCUT2D eigenvalue weighted by Gasteiger charge is -2.50. The normalized spacial score (nSPS) is 26.0. The Hall–Kier alpha value is -0.510. The molecule has 0 bridgehead atoms. The molecule has 1 spiro atoms. The first-order chi connectivity index (χ1) is 10.3. The molecule has 3 rings (SSSR count). The first-order valence-electron chi connectivity index (χ1n) is 8.36. The zero-order valence-corrected chi connectivity index (χ0v) is 14.0. The number of hydrogen-bond donors (Lipinski definition) is 1. The van der Waals surface area contributed by atoms with Gasteiger partial charge in [-0.15, -0.1) is 0 Å². The van der Waals surface area contributed by atoms with Crippen LogP contribution in [0.1, 0.15) is 43.7 Å². The number of thioether (sulfide) groups is 1. The summed E-state index contributed by atoms with van der Waals surface area (Å²) in [7, 11) is 0. The standard InChI is InChI=1S/C18H28N2S/c1-21-13-12-20-15-18(10-6-3-7-11-18)19-14-17(20)16-8-4-2-5-9-16/h2,4-5,8-9,17,19H,3,6-7,10-15H2,1H3. The molecule has 2 aliphatic rings. The molecular weight excluding hydrogens is 276 g/mol. The fourth-order valence-corrected chi connectivity index (χ4v) is 4.42. The third-order valence-corrected chi connectivity index (χ3v) is 5.79. The van der Waals surface area contributed by atoms with Gasteiger partial charge in [0, 0.05) is 37.0 Å². The number of rotatable bonds is 4. The average Bonchev–Trinajstić information content (AvgIpc) is 2.55. The molecule has 1 atom stereocenters. The first-order valence-corrected chi connectivity index (χ1v) is 9.75. The van der Waals surface area contributed by atoms with Crippen LogP contribution in [0, 0.1) is 0 Å². The van der Waals surface area contributed by atoms with Crippen LogP contribution in [0.5, 0.6) is 0 Å². The Bertz CT molecular complexity index is 428. The molecule has 1 saturated heterocycles. The predicted octanol–water partition coefficient (Wildman–Crippen LogP) is 3.70. The third-order valence-electron chi connectivity index (χ3n) is 5.19. The maximum absolute atomic E-state index is 3.94. The topological polar surface area (TPSA) is 15.3 Å². The van der Waals surface area contributed by atoms with Crippen LogP contribution in [-0.4, -0.2) is 42.1 Å². The van der Waals surface area contributed by atoms with Crippen molar-refractivity contribution in [2.24, 2.45) is 0 Å². The molecule has 3 heteroatoms. The maximum Gasteiger partial charge on any atom is 0.0473 e. The van der Waals surface area contributed by atoms with Crippen LogP contribution in [-0.2, 0) is 0 Å². The summed E-state index contributed by atoms with van der Waals surface area (Å²) in [5.41, 5.74) is 1.87. The monoisotopic (exact) mass is 304 g/mol. The molecule has 1 unspecified atom stereocenters. The Balaban J connectivity index is 1.75. The number of benzene rings is 1. The van der Waals surface area contributed by atoms with Gasteiger partial charge in [-0.3, -0.25) is 4.90 Å². The van der Waals surface area contributed by atoms with Crippen molar-refractivity contribution < 1.29 is 0 Å². The summed E-state index contributed by atoms with van der Waals surface area (Å²) in [5, 5.41) is 3.94. The Kier molecular flexibility index (Phi) is 5.25. The van der Waals surface area contributed by atoms with E-state index >= 15 is 0 Å². The van der Waals surface area contributed by atoms with Gasteiger partial charge < -0.3 is 5.32 Å². The van der Waals surface area contributed by atoms with Crippen molar-refractivity contribution in [3.05, 3.63) is 35.9 Å². The van der Waals surface area contributed by atoms with Crippen molar-refractivity contribution in [2.45, 2.75) is 43.7 Å². The minimum atomic E-state index is 0.405. The SMILES string of the molecule is CSCCN1CC2(CCCCC2)NCC1c1ccccc1. The second-order valence-corrected chi connectivity index (χ2v) is 7.60. The van der Waals surface area contributed by atoms with Crippen LogP contribution in [0.4, 0.5) is 0 Å². The first kappa shape index (κ1) is 15.4. The Morgan fingerprint density at radius 2 is 1.95 bits per heavy atom. The van der Waals surface area contributed by atoms with E-state index in [-0.39, 0.29) is 0 Å². The van der Waals surface area contributed by atoms with E-state index in [1.54, 1.807) is 0 Å². The van der Waals surface area contributed by atoms with E-state index in [1.807, 2.05) is 11.8 Å². The predicted molar refractivity (Wildman–Crippen MR) is 93.0 cm³/mol. The van der Waals surface area contributed by atoms with E-state index in [4.69, 9.17) is 0 Å². The molecule has 21 heavy (non-hydrogen) atoms. The van der Waals surface area contributed by atoms with Gasteiger partial charge in [0.2, 0.25) is 0 Å². The highest BCUT2D eigenvalue weighted by Gasteiger charge is 2.39. The van der Waals surface area contributed by atoms with Crippen molar-refractivity contribution in [3.8, 4) is 0 Å². The summed E-state index contributed by atoms with van der Waals surface area (Å²) < 4.78 is 0. The molecule has 0 amide bonds. The van der Waals surface area contributed by atoms with Crippen LogP contribution >= 0.6 is 11.8 Å². The van der Waals surface area contributed by atoms with Crippen molar-refractivity contribution in [2.75, 3.05) is 31.6 Å². The van der Waals surface area contributed by atoms with Crippen LogP contribution in [0.25, 0.3) is 0 Å². The van der Waals surface area contributed by atoms with E-state index in [2.05, 4.69) is 46.8 Å². The summed E-state index contributed by atoms with van der Waals surface area (Å²) in [4.78, 5) is 2.74. The minimum absolute atomic E-state index is 0.405. The summed E-state index contributed by atoms with van der Waals surface area (Å²) in [6, 6.07) is 11.6. The number of piperazine rings is 1. The summed E-state index contributed by atoms with van der Waals surface area (Å²) in [5.74, 6) is 1.24. The highest BCUT2D eigenvalue weighted by atomic mass is 32.2. The van der Waals surface area contributed by atoms with Crippen molar-refractivity contribution >= 4 is 11.8 Å². The highest BCUT2D eigenvalue weighted by Crippen LogP contribution is 2.35. The van der Waals surface area contributed by atoms with Gasteiger partial charge in [-0.25, -0.2) is 0 Å². The lowest BCUT2D eigenvalue weighted by Crippen LogP contribution is -2.62. The molecule has 0 aromatic heterocycles. The van der Waals surface area contributed by atoms with Gasteiger partial charge in [0.1, 0.15) is 0 Å². The van der Waals surface area contributed by atoms with Crippen LogP contribution in [0.2, 0.25) is 0 Å². The van der Waals surface area contributed by atoms with Crippen molar-refractivity contribution in [1.82, 2.24) is 10.2 Å². The number of hydrogen-bond acceptors (Lipinski definition) is 3. The molecule has 1 aromatic carbocycles. The van der Waals surface area contributed by atoms with E-state index in [0.29, 0.717) is 11.6 Å². The fraction of sp³-hybridized carbons (Fsp3) is 0.667. The smallest absolute Gasteiger partial charge is 0.0473 e. The zero-order chi connectivity index (χ0) is 14.5. The minimum Gasteiger partial charge on any atom is -0.308 e. The molecule has 1 aromatic rings. The van der Waals surface area contributed by atoms with Crippen LogP contribution in [0.15, 0.2) is 30.3 Å². The molecule has 1 N–H and O–H groups in total.